The van der Waals surface area contributed by atoms with Crippen LogP contribution in [-0.4, -0.2) is 17.5 Å². The molecule has 0 amide bonds. The molecule has 0 aliphatic rings. The number of benzene rings is 1. The number of para-hydroxylation sites is 1. The molecule has 0 bridgehead atoms. The number of hydrogen-bond acceptors (Lipinski definition) is 3. The van der Waals surface area contributed by atoms with Crippen LogP contribution in [0.2, 0.25) is 0 Å². The molecular formula is C14H21NO2. The highest BCUT2D eigenvalue weighted by Crippen LogP contribution is 2.22. The first-order valence-corrected chi connectivity index (χ1v) is 5.85. The molecule has 0 unspecified atom stereocenters. The molecule has 0 saturated carbocycles. The van der Waals surface area contributed by atoms with E-state index in [9.17, 15) is 0 Å². The molecule has 1 rings (SSSR count). The largest absolute Gasteiger partial charge is 0.493 e. The van der Waals surface area contributed by atoms with Crippen LogP contribution in [0.3, 0.4) is 0 Å². The second kappa shape index (κ2) is 5.71. The van der Waals surface area contributed by atoms with Gasteiger partial charge < -0.3 is 9.94 Å². The van der Waals surface area contributed by atoms with Gasteiger partial charge in [-0.2, -0.15) is 0 Å². The van der Waals surface area contributed by atoms with Crippen LogP contribution < -0.4 is 4.74 Å². The van der Waals surface area contributed by atoms with Crippen molar-refractivity contribution in [2.24, 2.45) is 10.6 Å². The lowest BCUT2D eigenvalue weighted by Crippen LogP contribution is -2.12. The molecular weight excluding hydrogens is 214 g/mol. The molecule has 1 aromatic rings. The van der Waals surface area contributed by atoms with Crippen molar-refractivity contribution < 1.29 is 9.94 Å². The molecule has 3 heteroatoms. The molecule has 0 saturated heterocycles. The second-order valence-electron chi connectivity index (χ2n) is 5.34. The summed E-state index contributed by atoms with van der Waals surface area (Å²) < 4.78 is 5.74. The van der Waals surface area contributed by atoms with Gasteiger partial charge >= 0.3 is 0 Å². The highest BCUT2D eigenvalue weighted by atomic mass is 16.5. The Bertz CT molecular complexity index is 391. The Kier molecular flexibility index (Phi) is 4.55. The van der Waals surface area contributed by atoms with Crippen LogP contribution in [0.5, 0.6) is 5.75 Å². The van der Waals surface area contributed by atoms with Crippen molar-refractivity contribution in [1.29, 1.82) is 0 Å². The van der Waals surface area contributed by atoms with Gasteiger partial charge in [0.25, 0.3) is 0 Å². The van der Waals surface area contributed by atoms with Gasteiger partial charge in [0, 0.05) is 5.56 Å². The lowest BCUT2D eigenvalue weighted by molar-refractivity contribution is 0.242. The third-order valence-corrected chi connectivity index (χ3v) is 2.54. The van der Waals surface area contributed by atoms with Crippen molar-refractivity contribution in [3.05, 3.63) is 29.8 Å². The molecule has 94 valence electrons. The maximum Gasteiger partial charge on any atom is 0.128 e. The van der Waals surface area contributed by atoms with Crippen molar-refractivity contribution >= 4 is 5.71 Å². The molecule has 1 N–H and O–H groups in total. The van der Waals surface area contributed by atoms with Crippen LogP contribution in [0.15, 0.2) is 29.4 Å². The fraction of sp³-hybridized carbons (Fsp3) is 0.500. The third kappa shape index (κ3) is 4.47. The van der Waals surface area contributed by atoms with E-state index in [0.29, 0.717) is 12.3 Å². The molecule has 0 radical (unpaired) electrons. The van der Waals surface area contributed by atoms with E-state index in [-0.39, 0.29) is 5.41 Å². The van der Waals surface area contributed by atoms with Crippen molar-refractivity contribution in [1.82, 2.24) is 0 Å². The van der Waals surface area contributed by atoms with E-state index in [2.05, 4.69) is 25.9 Å². The first kappa shape index (κ1) is 13.6. The summed E-state index contributed by atoms with van der Waals surface area (Å²) in [4.78, 5) is 0. The SMILES string of the molecule is CC(=NO)c1ccccc1OCCC(C)(C)C. The molecule has 1 aromatic carbocycles. The predicted octanol–water partition coefficient (Wildman–Crippen LogP) is 3.70. The maximum atomic E-state index is 8.80. The van der Waals surface area contributed by atoms with E-state index in [4.69, 9.17) is 9.94 Å². The van der Waals surface area contributed by atoms with Gasteiger partial charge in [-0.15, -0.1) is 0 Å². The van der Waals surface area contributed by atoms with Gasteiger partial charge in [-0.3, -0.25) is 0 Å². The fourth-order valence-electron chi connectivity index (χ4n) is 1.41. The highest BCUT2D eigenvalue weighted by molar-refractivity contribution is 6.00. The van der Waals surface area contributed by atoms with Crippen molar-refractivity contribution in [3.63, 3.8) is 0 Å². The Morgan fingerprint density at radius 2 is 1.94 bits per heavy atom. The summed E-state index contributed by atoms with van der Waals surface area (Å²) in [6.45, 7) is 8.97. The number of rotatable bonds is 4. The maximum absolute atomic E-state index is 8.80. The van der Waals surface area contributed by atoms with Crippen molar-refractivity contribution in [2.45, 2.75) is 34.1 Å². The van der Waals surface area contributed by atoms with E-state index in [1.54, 1.807) is 6.92 Å². The van der Waals surface area contributed by atoms with Crippen LogP contribution in [0.4, 0.5) is 0 Å². The Morgan fingerprint density at radius 3 is 2.53 bits per heavy atom. The molecule has 0 aromatic heterocycles. The molecule has 3 nitrogen and oxygen atoms in total. The molecule has 0 heterocycles. The van der Waals surface area contributed by atoms with Crippen LogP contribution in [0, 0.1) is 5.41 Å². The Labute approximate surface area is 103 Å². The Hall–Kier alpha value is -1.51. The van der Waals surface area contributed by atoms with E-state index < -0.39 is 0 Å². The van der Waals surface area contributed by atoms with Crippen LogP contribution in [0.25, 0.3) is 0 Å². The average molecular weight is 235 g/mol. The molecule has 0 aliphatic heterocycles. The minimum absolute atomic E-state index is 0.259. The summed E-state index contributed by atoms with van der Waals surface area (Å²) in [5, 5.41) is 12.0. The molecule has 0 atom stereocenters. The summed E-state index contributed by atoms with van der Waals surface area (Å²) in [6, 6.07) is 7.61. The van der Waals surface area contributed by atoms with E-state index in [1.165, 1.54) is 0 Å². The summed E-state index contributed by atoms with van der Waals surface area (Å²) >= 11 is 0. The summed E-state index contributed by atoms with van der Waals surface area (Å²) in [5.74, 6) is 0.770. The van der Waals surface area contributed by atoms with Gasteiger partial charge in [0.15, 0.2) is 0 Å². The van der Waals surface area contributed by atoms with Gasteiger partial charge in [-0.1, -0.05) is 38.1 Å². The van der Waals surface area contributed by atoms with Gasteiger partial charge in [-0.05, 0) is 30.9 Å². The van der Waals surface area contributed by atoms with E-state index in [0.717, 1.165) is 17.7 Å². The fourth-order valence-corrected chi connectivity index (χ4v) is 1.41. The van der Waals surface area contributed by atoms with Crippen LogP contribution in [0.1, 0.15) is 39.7 Å². The minimum Gasteiger partial charge on any atom is -0.493 e. The van der Waals surface area contributed by atoms with Crippen molar-refractivity contribution in [2.75, 3.05) is 6.61 Å². The number of oxime groups is 1. The summed E-state index contributed by atoms with van der Waals surface area (Å²) in [5.41, 5.74) is 1.66. The number of hydrogen-bond donors (Lipinski definition) is 1. The van der Waals surface area contributed by atoms with Gasteiger partial charge in [0.2, 0.25) is 0 Å². The quantitative estimate of drug-likeness (QED) is 0.491. The van der Waals surface area contributed by atoms with Gasteiger partial charge in [0.1, 0.15) is 5.75 Å². The van der Waals surface area contributed by atoms with Crippen LogP contribution >= 0.6 is 0 Å². The first-order valence-electron chi connectivity index (χ1n) is 5.85. The monoisotopic (exact) mass is 235 g/mol. The molecule has 0 spiro atoms. The van der Waals surface area contributed by atoms with E-state index in [1.807, 2.05) is 24.3 Å². The molecule has 17 heavy (non-hydrogen) atoms. The third-order valence-electron chi connectivity index (χ3n) is 2.54. The average Bonchev–Trinajstić information content (AvgIpc) is 2.27. The zero-order valence-corrected chi connectivity index (χ0v) is 11.0. The first-order chi connectivity index (χ1) is 7.94. The Morgan fingerprint density at radius 1 is 1.29 bits per heavy atom. The Balaban J connectivity index is 2.71. The smallest absolute Gasteiger partial charge is 0.128 e. The topological polar surface area (TPSA) is 41.8 Å². The molecule has 0 aliphatic carbocycles. The van der Waals surface area contributed by atoms with Crippen molar-refractivity contribution in [3.8, 4) is 5.75 Å². The van der Waals surface area contributed by atoms with Gasteiger partial charge in [0.05, 0.1) is 12.3 Å². The number of ether oxygens (including phenoxy) is 1. The zero-order chi connectivity index (χ0) is 12.9. The minimum atomic E-state index is 0.259. The second-order valence-corrected chi connectivity index (χ2v) is 5.34. The summed E-state index contributed by atoms with van der Waals surface area (Å²) in [7, 11) is 0. The highest BCUT2D eigenvalue weighted by Gasteiger charge is 2.11. The van der Waals surface area contributed by atoms with Crippen LogP contribution in [-0.2, 0) is 0 Å². The normalized spacial score (nSPS) is 12.6. The zero-order valence-electron chi connectivity index (χ0n) is 11.0. The van der Waals surface area contributed by atoms with E-state index >= 15 is 0 Å². The lowest BCUT2D eigenvalue weighted by atomic mass is 9.93. The predicted molar refractivity (Wildman–Crippen MR) is 70.0 cm³/mol. The lowest BCUT2D eigenvalue weighted by Gasteiger charge is -2.19. The molecule has 0 fully saturated rings. The standard InChI is InChI=1S/C14H21NO2/c1-11(15-16)12-7-5-6-8-13(12)17-10-9-14(2,3)4/h5-8,16H,9-10H2,1-4H3. The number of nitrogens with zero attached hydrogens (tertiary/aromatic N) is 1. The summed E-state index contributed by atoms with van der Waals surface area (Å²) in [6.07, 6.45) is 0.983. The van der Waals surface area contributed by atoms with Gasteiger partial charge in [-0.25, -0.2) is 0 Å².